The lowest BCUT2D eigenvalue weighted by Crippen LogP contribution is -2.30. The summed E-state index contributed by atoms with van der Waals surface area (Å²) in [5.41, 5.74) is 3.49. The van der Waals surface area contributed by atoms with Crippen LogP contribution in [0.1, 0.15) is 40.9 Å². The minimum atomic E-state index is -3.79. The Kier molecular flexibility index (Phi) is 5.52. The second-order valence-corrected chi connectivity index (χ2v) is 8.16. The van der Waals surface area contributed by atoms with Crippen molar-refractivity contribution in [2.75, 3.05) is 4.72 Å². The van der Waals surface area contributed by atoms with Crippen molar-refractivity contribution in [1.82, 2.24) is 5.32 Å². The molecule has 0 fully saturated rings. The van der Waals surface area contributed by atoms with E-state index in [4.69, 9.17) is 0 Å². The SMILES string of the molecule is Cc1ccc(NS(=O)(=O)c2cc(C(=O)NC(C)C)ccc2C)cc1C. The largest absolute Gasteiger partial charge is 0.350 e. The van der Waals surface area contributed by atoms with Crippen LogP contribution in [0.25, 0.3) is 0 Å². The van der Waals surface area contributed by atoms with Crippen molar-refractivity contribution >= 4 is 21.6 Å². The average Bonchev–Trinajstić information content (AvgIpc) is 2.50. The lowest BCUT2D eigenvalue weighted by Gasteiger charge is -2.14. The van der Waals surface area contributed by atoms with Crippen LogP contribution in [0.2, 0.25) is 0 Å². The first-order chi connectivity index (χ1) is 11.6. The monoisotopic (exact) mass is 360 g/mol. The van der Waals surface area contributed by atoms with Crippen LogP contribution in [-0.2, 0) is 10.0 Å². The summed E-state index contributed by atoms with van der Waals surface area (Å²) in [6, 6.07) is 10.0. The van der Waals surface area contributed by atoms with Gasteiger partial charge in [-0.05, 0) is 75.6 Å². The smallest absolute Gasteiger partial charge is 0.262 e. The maximum absolute atomic E-state index is 12.8. The van der Waals surface area contributed by atoms with Gasteiger partial charge in [-0.1, -0.05) is 12.1 Å². The fourth-order valence-electron chi connectivity index (χ4n) is 2.39. The van der Waals surface area contributed by atoms with E-state index in [0.29, 0.717) is 16.8 Å². The highest BCUT2D eigenvalue weighted by atomic mass is 32.2. The fourth-order valence-corrected chi connectivity index (χ4v) is 3.71. The summed E-state index contributed by atoms with van der Waals surface area (Å²) in [6.45, 7) is 9.30. The Bertz CT molecular complexity index is 903. The van der Waals surface area contributed by atoms with Gasteiger partial charge < -0.3 is 5.32 Å². The number of sulfonamides is 1. The number of carbonyl (C=O) groups excluding carboxylic acids is 1. The second-order valence-electron chi connectivity index (χ2n) is 6.51. The van der Waals surface area contributed by atoms with Crippen molar-refractivity contribution in [1.29, 1.82) is 0 Å². The Morgan fingerprint density at radius 3 is 2.16 bits per heavy atom. The van der Waals surface area contributed by atoms with Crippen molar-refractivity contribution in [3.63, 3.8) is 0 Å². The van der Waals surface area contributed by atoms with Gasteiger partial charge in [0.15, 0.2) is 0 Å². The summed E-state index contributed by atoms with van der Waals surface area (Å²) in [5.74, 6) is -0.294. The summed E-state index contributed by atoms with van der Waals surface area (Å²) >= 11 is 0. The molecule has 6 heteroatoms. The molecule has 2 rings (SSSR count). The van der Waals surface area contributed by atoms with E-state index in [1.807, 2.05) is 33.8 Å². The van der Waals surface area contributed by atoms with Gasteiger partial charge in [-0.25, -0.2) is 8.42 Å². The van der Waals surface area contributed by atoms with Crippen molar-refractivity contribution in [3.05, 3.63) is 58.7 Å². The summed E-state index contributed by atoms with van der Waals surface area (Å²) in [4.78, 5) is 12.3. The zero-order valence-electron chi connectivity index (χ0n) is 15.2. The predicted octanol–water partition coefficient (Wildman–Crippen LogP) is 3.55. The van der Waals surface area contributed by atoms with Gasteiger partial charge in [0.25, 0.3) is 15.9 Å². The van der Waals surface area contributed by atoms with Gasteiger partial charge in [0.2, 0.25) is 0 Å². The Morgan fingerprint density at radius 2 is 1.56 bits per heavy atom. The Labute approximate surface area is 149 Å². The molecule has 0 saturated carbocycles. The number of aryl methyl sites for hydroxylation is 3. The number of benzene rings is 2. The van der Waals surface area contributed by atoms with Crippen LogP contribution in [0, 0.1) is 20.8 Å². The van der Waals surface area contributed by atoms with Crippen molar-refractivity contribution < 1.29 is 13.2 Å². The molecule has 0 aliphatic rings. The van der Waals surface area contributed by atoms with Gasteiger partial charge in [-0.2, -0.15) is 0 Å². The average molecular weight is 360 g/mol. The first-order valence-electron chi connectivity index (χ1n) is 8.12. The van der Waals surface area contributed by atoms with Gasteiger partial charge in [-0.3, -0.25) is 9.52 Å². The van der Waals surface area contributed by atoms with Crippen LogP contribution in [0.4, 0.5) is 5.69 Å². The van der Waals surface area contributed by atoms with Gasteiger partial charge in [0, 0.05) is 17.3 Å². The molecule has 134 valence electrons. The quantitative estimate of drug-likeness (QED) is 0.856. The van der Waals surface area contributed by atoms with E-state index in [1.165, 1.54) is 6.07 Å². The predicted molar refractivity (Wildman–Crippen MR) is 101 cm³/mol. The number of hydrogen-bond donors (Lipinski definition) is 2. The van der Waals surface area contributed by atoms with E-state index < -0.39 is 10.0 Å². The van der Waals surface area contributed by atoms with Crippen LogP contribution in [0.3, 0.4) is 0 Å². The highest BCUT2D eigenvalue weighted by Gasteiger charge is 2.19. The standard InChI is InChI=1S/C19H24N2O3S/c1-12(2)20-19(22)16-8-6-14(4)18(11-16)25(23,24)21-17-9-7-13(3)15(5)10-17/h6-12,21H,1-5H3,(H,20,22). The van der Waals surface area contributed by atoms with E-state index in [1.54, 1.807) is 31.2 Å². The number of amides is 1. The second kappa shape index (κ2) is 7.27. The summed E-state index contributed by atoms with van der Waals surface area (Å²) < 4.78 is 28.1. The van der Waals surface area contributed by atoms with Gasteiger partial charge in [0.05, 0.1) is 4.90 Å². The third kappa shape index (κ3) is 4.60. The maximum Gasteiger partial charge on any atom is 0.262 e. The highest BCUT2D eigenvalue weighted by Crippen LogP contribution is 2.22. The number of nitrogens with one attached hydrogen (secondary N) is 2. The molecule has 2 aromatic rings. The van der Waals surface area contributed by atoms with Gasteiger partial charge in [-0.15, -0.1) is 0 Å². The molecule has 0 unspecified atom stereocenters. The zero-order chi connectivity index (χ0) is 18.8. The number of anilines is 1. The fraction of sp³-hybridized carbons (Fsp3) is 0.316. The summed E-state index contributed by atoms with van der Waals surface area (Å²) in [6.07, 6.45) is 0. The molecule has 0 aliphatic heterocycles. The molecule has 0 radical (unpaired) electrons. The van der Waals surface area contributed by atoms with E-state index in [-0.39, 0.29) is 16.8 Å². The third-order valence-electron chi connectivity index (χ3n) is 3.92. The summed E-state index contributed by atoms with van der Waals surface area (Å²) in [5, 5.41) is 2.77. The molecule has 5 nitrogen and oxygen atoms in total. The molecule has 25 heavy (non-hydrogen) atoms. The van der Waals surface area contributed by atoms with Crippen molar-refractivity contribution in [3.8, 4) is 0 Å². The van der Waals surface area contributed by atoms with Gasteiger partial charge in [0.1, 0.15) is 0 Å². The number of rotatable bonds is 5. The van der Waals surface area contributed by atoms with Crippen LogP contribution < -0.4 is 10.0 Å². The topological polar surface area (TPSA) is 75.3 Å². The Balaban J connectivity index is 2.37. The molecule has 0 aliphatic carbocycles. The number of carbonyl (C=O) groups is 1. The number of hydrogen-bond acceptors (Lipinski definition) is 3. The molecular formula is C19H24N2O3S. The Hall–Kier alpha value is -2.34. The molecule has 0 aromatic heterocycles. The van der Waals surface area contributed by atoms with E-state index in [2.05, 4.69) is 10.0 Å². The minimum Gasteiger partial charge on any atom is -0.350 e. The van der Waals surface area contributed by atoms with Crippen LogP contribution in [0.15, 0.2) is 41.3 Å². The molecular weight excluding hydrogens is 336 g/mol. The lowest BCUT2D eigenvalue weighted by molar-refractivity contribution is 0.0943. The van der Waals surface area contributed by atoms with Crippen LogP contribution >= 0.6 is 0 Å². The van der Waals surface area contributed by atoms with E-state index >= 15 is 0 Å². The van der Waals surface area contributed by atoms with E-state index in [9.17, 15) is 13.2 Å². The zero-order valence-corrected chi connectivity index (χ0v) is 16.0. The first kappa shape index (κ1) is 19.0. The molecule has 1 amide bonds. The van der Waals surface area contributed by atoms with E-state index in [0.717, 1.165) is 11.1 Å². The molecule has 0 spiro atoms. The lowest BCUT2D eigenvalue weighted by atomic mass is 10.1. The third-order valence-corrected chi connectivity index (χ3v) is 5.44. The van der Waals surface area contributed by atoms with Gasteiger partial charge >= 0.3 is 0 Å². The first-order valence-corrected chi connectivity index (χ1v) is 9.60. The maximum atomic E-state index is 12.8. The molecule has 0 atom stereocenters. The highest BCUT2D eigenvalue weighted by molar-refractivity contribution is 7.92. The minimum absolute atomic E-state index is 0.0254. The normalized spacial score (nSPS) is 11.4. The molecule has 0 saturated heterocycles. The van der Waals surface area contributed by atoms with Crippen LogP contribution in [0.5, 0.6) is 0 Å². The molecule has 2 aromatic carbocycles. The molecule has 0 bridgehead atoms. The van der Waals surface area contributed by atoms with Crippen LogP contribution in [-0.4, -0.2) is 20.4 Å². The van der Waals surface area contributed by atoms with Crippen molar-refractivity contribution in [2.45, 2.75) is 45.6 Å². The van der Waals surface area contributed by atoms with Crippen molar-refractivity contribution in [2.24, 2.45) is 0 Å². The summed E-state index contributed by atoms with van der Waals surface area (Å²) in [7, 11) is -3.79. The molecule has 2 N–H and O–H groups in total. The molecule has 0 heterocycles. The Morgan fingerprint density at radius 1 is 0.920 bits per heavy atom.